The lowest BCUT2D eigenvalue weighted by Crippen LogP contribution is -2.53. The Hall–Kier alpha value is -2.61. The highest BCUT2D eigenvalue weighted by molar-refractivity contribution is 5.97. The Morgan fingerprint density at radius 2 is 1.79 bits per heavy atom. The van der Waals surface area contributed by atoms with Crippen LogP contribution < -0.4 is 15.4 Å². The van der Waals surface area contributed by atoms with E-state index in [1.807, 2.05) is 13.8 Å². The van der Waals surface area contributed by atoms with Gasteiger partial charge in [-0.15, -0.1) is 0 Å². The first kappa shape index (κ1) is 21.7. The number of carbonyl (C=O) groups is 3. The fraction of sp³-hybridized carbons (Fsp3) is 0.550. The molecule has 1 atom stereocenters. The quantitative estimate of drug-likeness (QED) is 0.617. The molecule has 1 saturated heterocycles. The van der Waals surface area contributed by atoms with Crippen LogP contribution in [0, 0.1) is 11.3 Å². The van der Waals surface area contributed by atoms with Crippen LogP contribution in [0.25, 0.3) is 0 Å². The second kappa shape index (κ2) is 9.54. The van der Waals surface area contributed by atoms with Crippen molar-refractivity contribution in [2.24, 2.45) is 11.3 Å². The minimum absolute atomic E-state index is 0.00610. The van der Waals surface area contributed by atoms with Gasteiger partial charge in [-0.3, -0.25) is 14.4 Å². The van der Waals surface area contributed by atoms with Crippen molar-refractivity contribution in [3.8, 4) is 5.75 Å². The van der Waals surface area contributed by atoms with Crippen LogP contribution >= 0.6 is 0 Å². The van der Waals surface area contributed by atoms with Gasteiger partial charge < -0.3 is 25.2 Å². The van der Waals surface area contributed by atoms with Crippen molar-refractivity contribution in [1.82, 2.24) is 10.6 Å². The molecule has 0 spiro atoms. The van der Waals surface area contributed by atoms with Crippen molar-refractivity contribution in [3.63, 3.8) is 0 Å². The van der Waals surface area contributed by atoms with Crippen molar-refractivity contribution >= 4 is 17.8 Å². The van der Waals surface area contributed by atoms with Crippen molar-refractivity contribution in [1.29, 1.82) is 0 Å². The Morgan fingerprint density at radius 3 is 2.29 bits per heavy atom. The number of hydrogen-bond donors (Lipinski definition) is 3. The summed E-state index contributed by atoms with van der Waals surface area (Å²) >= 11 is 0. The lowest BCUT2D eigenvalue weighted by Gasteiger charge is -2.34. The summed E-state index contributed by atoms with van der Waals surface area (Å²) in [6.45, 7) is 4.35. The molecule has 0 aromatic heterocycles. The van der Waals surface area contributed by atoms with Crippen molar-refractivity contribution < 1.29 is 29.0 Å². The Bertz CT molecular complexity index is 695. The summed E-state index contributed by atoms with van der Waals surface area (Å²) in [4.78, 5) is 36.9. The third kappa shape index (κ3) is 5.22. The van der Waals surface area contributed by atoms with E-state index in [4.69, 9.17) is 9.47 Å². The van der Waals surface area contributed by atoms with E-state index in [1.165, 1.54) is 7.11 Å². The fourth-order valence-electron chi connectivity index (χ4n) is 3.10. The zero-order valence-corrected chi connectivity index (χ0v) is 16.5. The second-order valence-corrected chi connectivity index (χ2v) is 7.34. The van der Waals surface area contributed by atoms with Gasteiger partial charge in [-0.05, 0) is 43.0 Å². The summed E-state index contributed by atoms with van der Waals surface area (Å²) in [5, 5.41) is 15.1. The molecule has 154 valence electrons. The van der Waals surface area contributed by atoms with Crippen LogP contribution in [0.15, 0.2) is 24.3 Å². The number of benzene rings is 1. The first-order valence-corrected chi connectivity index (χ1v) is 9.33. The highest BCUT2D eigenvalue weighted by atomic mass is 16.5. The monoisotopic (exact) mass is 392 g/mol. The smallest absolute Gasteiger partial charge is 0.311 e. The van der Waals surface area contributed by atoms with E-state index < -0.39 is 23.3 Å². The molecule has 2 rings (SSSR count). The van der Waals surface area contributed by atoms with Gasteiger partial charge in [0.1, 0.15) is 11.8 Å². The molecular formula is C20H28N2O6. The molecule has 1 aromatic rings. The lowest BCUT2D eigenvalue weighted by atomic mass is 9.80. The molecule has 2 amide bonds. The summed E-state index contributed by atoms with van der Waals surface area (Å²) in [7, 11) is 1.54. The first-order chi connectivity index (χ1) is 13.3. The zero-order valence-electron chi connectivity index (χ0n) is 16.5. The van der Waals surface area contributed by atoms with E-state index in [2.05, 4.69) is 10.6 Å². The third-order valence-electron chi connectivity index (χ3n) is 5.09. The van der Waals surface area contributed by atoms with E-state index in [0.29, 0.717) is 37.4 Å². The van der Waals surface area contributed by atoms with Crippen LogP contribution in [0.2, 0.25) is 0 Å². The number of carboxylic acids is 1. The van der Waals surface area contributed by atoms with E-state index in [0.717, 1.165) is 0 Å². The lowest BCUT2D eigenvalue weighted by molar-refractivity contribution is -0.154. The summed E-state index contributed by atoms with van der Waals surface area (Å²) < 4.78 is 10.3. The van der Waals surface area contributed by atoms with Gasteiger partial charge in [0.05, 0.1) is 12.5 Å². The molecule has 1 aliphatic heterocycles. The van der Waals surface area contributed by atoms with Crippen molar-refractivity contribution in [2.75, 3.05) is 26.9 Å². The topological polar surface area (TPSA) is 114 Å². The Morgan fingerprint density at radius 1 is 1.18 bits per heavy atom. The van der Waals surface area contributed by atoms with Gasteiger partial charge >= 0.3 is 5.97 Å². The maximum Gasteiger partial charge on any atom is 0.311 e. The second-order valence-electron chi connectivity index (χ2n) is 7.34. The summed E-state index contributed by atoms with van der Waals surface area (Å²) in [6.07, 6.45) is 0.681. The highest BCUT2D eigenvalue weighted by Crippen LogP contribution is 2.30. The molecule has 1 unspecified atom stereocenters. The molecule has 1 aliphatic rings. The van der Waals surface area contributed by atoms with Crippen LogP contribution in [-0.4, -0.2) is 55.8 Å². The average Bonchev–Trinajstić information content (AvgIpc) is 2.70. The van der Waals surface area contributed by atoms with E-state index in [9.17, 15) is 19.5 Å². The normalized spacial score (nSPS) is 16.9. The number of amides is 2. The molecule has 0 bridgehead atoms. The molecule has 0 aliphatic carbocycles. The molecule has 8 nitrogen and oxygen atoms in total. The molecule has 28 heavy (non-hydrogen) atoms. The summed E-state index contributed by atoms with van der Waals surface area (Å²) in [5.74, 6) is -1.26. The van der Waals surface area contributed by atoms with Gasteiger partial charge in [-0.1, -0.05) is 13.8 Å². The number of carboxylic acid groups (broad SMARTS) is 1. The maximum atomic E-state index is 12.7. The Labute approximate surface area is 164 Å². The largest absolute Gasteiger partial charge is 0.497 e. The molecule has 3 N–H and O–H groups in total. The zero-order chi connectivity index (χ0) is 20.7. The molecule has 1 aromatic carbocycles. The minimum atomic E-state index is -1.03. The van der Waals surface area contributed by atoms with Crippen molar-refractivity contribution in [2.45, 2.75) is 32.7 Å². The van der Waals surface area contributed by atoms with Crippen LogP contribution in [0.3, 0.4) is 0 Å². The first-order valence-electron chi connectivity index (χ1n) is 9.33. The van der Waals surface area contributed by atoms with Gasteiger partial charge in [-0.25, -0.2) is 0 Å². The van der Waals surface area contributed by atoms with Gasteiger partial charge in [0, 0.05) is 25.3 Å². The number of nitrogens with one attached hydrogen (secondary N) is 2. The van der Waals surface area contributed by atoms with Crippen LogP contribution in [-0.2, 0) is 14.3 Å². The SMILES string of the molecule is COc1ccc(C(=O)NC(C(=O)NCC2(C(=O)O)CCOCC2)C(C)C)cc1. The summed E-state index contributed by atoms with van der Waals surface area (Å²) in [5.41, 5.74) is -0.624. The molecule has 0 radical (unpaired) electrons. The van der Waals surface area contributed by atoms with Crippen LogP contribution in [0.1, 0.15) is 37.0 Å². The summed E-state index contributed by atoms with van der Waals surface area (Å²) in [6, 6.07) is 5.79. The number of carbonyl (C=O) groups excluding carboxylic acids is 2. The van der Waals surface area contributed by atoms with Gasteiger partial charge in [0.25, 0.3) is 5.91 Å². The molecule has 0 saturated carbocycles. The number of rotatable bonds is 8. The van der Waals surface area contributed by atoms with Gasteiger partial charge in [-0.2, -0.15) is 0 Å². The van der Waals surface area contributed by atoms with Crippen LogP contribution in [0.4, 0.5) is 0 Å². The number of ether oxygens (including phenoxy) is 2. The number of hydrogen-bond acceptors (Lipinski definition) is 5. The van der Waals surface area contributed by atoms with Gasteiger partial charge in [0.2, 0.25) is 5.91 Å². The van der Waals surface area contributed by atoms with E-state index >= 15 is 0 Å². The third-order valence-corrected chi connectivity index (χ3v) is 5.09. The number of methoxy groups -OCH3 is 1. The van der Waals surface area contributed by atoms with Gasteiger partial charge in [0.15, 0.2) is 0 Å². The molecule has 1 heterocycles. The van der Waals surface area contributed by atoms with Crippen LogP contribution in [0.5, 0.6) is 5.75 Å². The fourth-order valence-corrected chi connectivity index (χ4v) is 3.10. The maximum absolute atomic E-state index is 12.7. The predicted octanol–water partition coefficient (Wildman–Crippen LogP) is 1.45. The van der Waals surface area contributed by atoms with Crippen molar-refractivity contribution in [3.05, 3.63) is 29.8 Å². The molecule has 1 fully saturated rings. The number of aliphatic carboxylic acids is 1. The molecule has 8 heteroatoms. The standard InChI is InChI=1S/C20H28N2O6/c1-13(2)16(22-17(23)14-4-6-15(27-3)7-5-14)18(24)21-12-20(19(25)26)8-10-28-11-9-20/h4-7,13,16H,8-12H2,1-3H3,(H,21,24)(H,22,23)(H,25,26). The Balaban J connectivity index is 2.02. The van der Waals surface area contributed by atoms with E-state index in [-0.39, 0.29) is 18.4 Å². The average molecular weight is 392 g/mol. The van der Waals surface area contributed by atoms with E-state index in [1.54, 1.807) is 24.3 Å². The minimum Gasteiger partial charge on any atom is -0.497 e. The highest BCUT2D eigenvalue weighted by Gasteiger charge is 2.41. The predicted molar refractivity (Wildman–Crippen MR) is 102 cm³/mol. The molecular weight excluding hydrogens is 364 g/mol. The Kier molecular flexibility index (Phi) is 7.39.